The van der Waals surface area contributed by atoms with Gasteiger partial charge < -0.3 is 5.11 Å². The molecule has 7 rings (SSSR count). The topological polar surface area (TPSA) is 69.6 Å². The van der Waals surface area contributed by atoms with Crippen LogP contribution in [0.4, 0.5) is 5.69 Å². The molecule has 0 spiro atoms. The maximum Gasteiger partial charge on any atom is 0.235 e. The van der Waals surface area contributed by atoms with Crippen LogP contribution in [0, 0.1) is 17.8 Å². The van der Waals surface area contributed by atoms with Gasteiger partial charge in [0.15, 0.2) is 0 Å². The molecule has 2 aromatic carbocycles. The summed E-state index contributed by atoms with van der Waals surface area (Å²) in [5.41, 5.74) is 4.19. The molecule has 2 aromatic rings. The highest BCUT2D eigenvalue weighted by atomic mass is 35.5. The van der Waals surface area contributed by atoms with Gasteiger partial charge in [-0.1, -0.05) is 36.4 Å². The van der Waals surface area contributed by atoms with Crippen LogP contribution < -0.4 is 4.72 Å². The van der Waals surface area contributed by atoms with Gasteiger partial charge in [0.2, 0.25) is 10.0 Å². The molecule has 0 radical (unpaired) electrons. The second-order valence-corrected chi connectivity index (χ2v) is 13.3. The van der Waals surface area contributed by atoms with Crippen molar-refractivity contribution in [2.24, 2.45) is 17.8 Å². The summed E-state index contributed by atoms with van der Waals surface area (Å²) in [5.74, 6) is 1.96. The molecule has 182 valence electrons. The molecule has 1 heterocycles. The van der Waals surface area contributed by atoms with E-state index in [0.717, 1.165) is 56.9 Å². The summed E-state index contributed by atoms with van der Waals surface area (Å²) in [5, 5.41) is 11.1. The Morgan fingerprint density at radius 2 is 1.59 bits per heavy atom. The second kappa shape index (κ2) is 7.70. The third kappa shape index (κ3) is 3.60. The average molecular weight is 501 g/mol. The number of fused-ring (bicyclic) bond motifs is 2. The lowest BCUT2D eigenvalue weighted by Crippen LogP contribution is -2.45. The summed E-state index contributed by atoms with van der Waals surface area (Å²) >= 11 is 0. The van der Waals surface area contributed by atoms with Crippen molar-refractivity contribution in [1.82, 2.24) is 4.90 Å². The van der Waals surface area contributed by atoms with Gasteiger partial charge in [-0.15, -0.1) is 12.4 Å². The fourth-order valence-electron chi connectivity index (χ4n) is 7.39. The first-order valence-corrected chi connectivity index (χ1v) is 14.1. The predicted molar refractivity (Wildman–Crippen MR) is 136 cm³/mol. The number of β-amino-alcohol motifs (C(OH)–C–C–N with tert-alkyl or cyclic N) is 1. The quantitative estimate of drug-likeness (QED) is 0.607. The number of rotatable bonds is 7. The zero-order valence-corrected chi connectivity index (χ0v) is 21.0. The number of likely N-dealkylation sites (tertiary alicyclic amines) is 1. The van der Waals surface area contributed by atoms with Gasteiger partial charge in [-0.25, -0.2) is 8.42 Å². The first-order valence-electron chi connectivity index (χ1n) is 12.5. The van der Waals surface area contributed by atoms with Gasteiger partial charge in [0.05, 0.1) is 10.9 Å². The fourth-order valence-corrected chi connectivity index (χ4v) is 8.77. The molecule has 1 saturated heterocycles. The summed E-state index contributed by atoms with van der Waals surface area (Å²) < 4.78 is 27.8. The summed E-state index contributed by atoms with van der Waals surface area (Å²) in [6.07, 6.45) is 5.63. The Kier molecular flexibility index (Phi) is 5.17. The number of sulfonamides is 1. The van der Waals surface area contributed by atoms with Crippen LogP contribution in [0.5, 0.6) is 0 Å². The van der Waals surface area contributed by atoms with E-state index in [1.165, 1.54) is 29.5 Å². The van der Waals surface area contributed by atoms with Crippen molar-refractivity contribution in [3.63, 3.8) is 0 Å². The molecule has 0 bridgehead atoms. The number of anilines is 1. The average Bonchev–Trinajstić information content (AvgIpc) is 3.67. The van der Waals surface area contributed by atoms with E-state index in [2.05, 4.69) is 46.0 Å². The van der Waals surface area contributed by atoms with Crippen molar-refractivity contribution >= 4 is 28.1 Å². The van der Waals surface area contributed by atoms with Crippen LogP contribution in [0.2, 0.25) is 0 Å². The highest BCUT2D eigenvalue weighted by molar-refractivity contribution is 7.93. The number of aliphatic hydroxyl groups is 1. The summed E-state index contributed by atoms with van der Waals surface area (Å²) in [6.45, 7) is 2.83. The first kappa shape index (κ1) is 22.8. The van der Waals surface area contributed by atoms with E-state index >= 15 is 0 Å². The Bertz CT molecular complexity index is 1190. The van der Waals surface area contributed by atoms with Gasteiger partial charge in [-0.2, -0.15) is 0 Å². The summed E-state index contributed by atoms with van der Waals surface area (Å²) in [4.78, 5) is 2.49. The minimum Gasteiger partial charge on any atom is -0.388 e. The zero-order chi connectivity index (χ0) is 22.4. The second-order valence-electron chi connectivity index (χ2n) is 11.4. The van der Waals surface area contributed by atoms with Gasteiger partial charge in [0.25, 0.3) is 0 Å². The van der Waals surface area contributed by atoms with E-state index in [1.54, 1.807) is 0 Å². The third-order valence-corrected chi connectivity index (χ3v) is 10.9. The largest absolute Gasteiger partial charge is 0.388 e. The Morgan fingerprint density at radius 3 is 2.18 bits per heavy atom. The Labute approximate surface area is 208 Å². The van der Waals surface area contributed by atoms with Crippen LogP contribution >= 0.6 is 12.4 Å². The van der Waals surface area contributed by atoms with E-state index < -0.39 is 15.6 Å². The number of hydrogen-bond acceptors (Lipinski definition) is 4. The van der Waals surface area contributed by atoms with Crippen molar-refractivity contribution < 1.29 is 13.5 Å². The van der Waals surface area contributed by atoms with Crippen molar-refractivity contribution in [2.45, 2.75) is 54.8 Å². The summed E-state index contributed by atoms with van der Waals surface area (Å²) in [7, 11) is -3.24. The van der Waals surface area contributed by atoms with Crippen molar-refractivity contribution in [3.05, 3.63) is 65.2 Å². The standard InChI is InChI=1S/C27H32N2O3S.ClH/c30-26(13-18-4-1-2-5-19(18)14-26)17-29-15-24-25(16-29)27(24,20-8-9-20)21-6-3-7-22(12-21)28-33(31,32)23-10-11-23;/h1-7,12,20,23-25,28,30H,8-11,13-17H2;1H. The normalized spacial score (nSPS) is 31.4. The molecule has 1 aliphatic heterocycles. The monoisotopic (exact) mass is 500 g/mol. The lowest BCUT2D eigenvalue weighted by molar-refractivity contribution is 0.0136. The first-order chi connectivity index (χ1) is 15.9. The van der Waals surface area contributed by atoms with Gasteiger partial charge >= 0.3 is 0 Å². The maximum atomic E-state index is 12.5. The van der Waals surface area contributed by atoms with Crippen molar-refractivity contribution in [3.8, 4) is 0 Å². The molecule has 4 aliphatic carbocycles. The van der Waals surface area contributed by atoms with Gasteiger partial charge in [-0.3, -0.25) is 9.62 Å². The Hall–Kier alpha value is -1.60. The van der Waals surface area contributed by atoms with Crippen molar-refractivity contribution in [1.29, 1.82) is 0 Å². The molecule has 34 heavy (non-hydrogen) atoms. The SMILES string of the molecule is Cl.O=S(=O)(Nc1cccc(C2(C3CC3)C3CN(CC4(O)Cc5ccccc5C4)CC32)c1)C1CC1. The van der Waals surface area contributed by atoms with Gasteiger partial charge in [0, 0.05) is 43.6 Å². The lowest BCUT2D eigenvalue weighted by atomic mass is 9.84. The molecular formula is C27H33ClN2O3S. The molecule has 4 fully saturated rings. The number of hydrogen-bond donors (Lipinski definition) is 2. The molecule has 2 atom stereocenters. The highest BCUT2D eigenvalue weighted by Crippen LogP contribution is 2.72. The predicted octanol–water partition coefficient (Wildman–Crippen LogP) is 3.75. The molecule has 5 nitrogen and oxygen atoms in total. The molecule has 7 heteroatoms. The van der Waals surface area contributed by atoms with Crippen LogP contribution in [-0.4, -0.2) is 48.9 Å². The van der Waals surface area contributed by atoms with Crippen LogP contribution in [0.15, 0.2) is 48.5 Å². The van der Waals surface area contributed by atoms with E-state index in [1.807, 2.05) is 12.1 Å². The number of benzene rings is 2. The highest BCUT2D eigenvalue weighted by Gasteiger charge is 2.73. The lowest BCUT2D eigenvalue weighted by Gasteiger charge is -2.33. The number of piperidine rings is 1. The van der Waals surface area contributed by atoms with E-state index in [9.17, 15) is 13.5 Å². The number of halogens is 1. The van der Waals surface area contributed by atoms with Crippen LogP contribution in [-0.2, 0) is 28.3 Å². The third-order valence-electron chi connectivity index (χ3n) is 9.03. The Morgan fingerprint density at radius 1 is 0.941 bits per heavy atom. The molecule has 0 amide bonds. The van der Waals surface area contributed by atoms with Gasteiger partial charge in [0.1, 0.15) is 0 Å². The molecule has 2 N–H and O–H groups in total. The maximum absolute atomic E-state index is 12.5. The molecule has 5 aliphatic rings. The van der Waals surface area contributed by atoms with Crippen LogP contribution in [0.25, 0.3) is 0 Å². The van der Waals surface area contributed by atoms with Crippen molar-refractivity contribution in [2.75, 3.05) is 24.4 Å². The number of nitrogens with zero attached hydrogens (tertiary/aromatic N) is 1. The molecule has 2 unspecified atom stereocenters. The van der Waals surface area contributed by atoms with E-state index in [4.69, 9.17) is 0 Å². The smallest absolute Gasteiger partial charge is 0.235 e. The molecular weight excluding hydrogens is 468 g/mol. The van der Waals surface area contributed by atoms with Crippen LogP contribution in [0.3, 0.4) is 0 Å². The summed E-state index contributed by atoms with van der Waals surface area (Å²) in [6, 6.07) is 16.7. The van der Waals surface area contributed by atoms with Gasteiger partial charge in [-0.05, 0) is 72.3 Å². The minimum absolute atomic E-state index is 0. The number of nitrogens with one attached hydrogen (secondary N) is 1. The van der Waals surface area contributed by atoms with E-state index in [-0.39, 0.29) is 23.1 Å². The molecule has 0 aromatic heterocycles. The fraction of sp³-hybridized carbons (Fsp3) is 0.556. The molecule has 3 saturated carbocycles. The minimum atomic E-state index is -3.24. The van der Waals surface area contributed by atoms with E-state index in [0.29, 0.717) is 11.8 Å². The van der Waals surface area contributed by atoms with Crippen LogP contribution in [0.1, 0.15) is 42.4 Å². The Balaban J connectivity index is 0.00000217. The zero-order valence-electron chi connectivity index (χ0n) is 19.3.